The molecule has 2 aromatic heterocycles. The van der Waals surface area contributed by atoms with Gasteiger partial charge in [0.2, 0.25) is 0 Å². The molecule has 0 atom stereocenters. The summed E-state index contributed by atoms with van der Waals surface area (Å²) in [6.07, 6.45) is 0. The molecule has 0 radical (unpaired) electrons. The van der Waals surface area contributed by atoms with Crippen LogP contribution in [0.1, 0.15) is 33.1 Å². The number of piperazine rings is 1. The highest BCUT2D eigenvalue weighted by atomic mass is 16.5. The number of hydrogen-bond donors (Lipinski definition) is 1. The third kappa shape index (κ3) is 3.24. The number of nitrogens with one attached hydrogen (secondary N) is 1. The van der Waals surface area contributed by atoms with Crippen LogP contribution in [0.3, 0.4) is 0 Å². The van der Waals surface area contributed by atoms with Gasteiger partial charge in [-0.25, -0.2) is 0 Å². The van der Waals surface area contributed by atoms with E-state index in [1.807, 2.05) is 24.0 Å². The Morgan fingerprint density at radius 3 is 2.58 bits per heavy atom. The molecule has 3 heterocycles. The number of aromatic amines is 1. The Hall–Kier alpha value is -2.60. The standard InChI is InChI=1S/C20H24N4O2/c1-13-8-14(2)17-11-19(21-18(17)9-13)20(25)24-6-4-23(5-7-24)12-16-10-15(3)22-26-16/h8-11,21H,4-7,12H2,1-3H3. The Labute approximate surface area is 152 Å². The number of nitrogens with zero attached hydrogens (tertiary/aromatic N) is 3. The van der Waals surface area contributed by atoms with Crippen molar-refractivity contribution in [3.05, 3.63) is 52.5 Å². The summed E-state index contributed by atoms with van der Waals surface area (Å²) in [7, 11) is 0. The first kappa shape index (κ1) is 16.8. The molecule has 1 N–H and O–H groups in total. The summed E-state index contributed by atoms with van der Waals surface area (Å²) in [4.78, 5) is 20.4. The lowest BCUT2D eigenvalue weighted by molar-refractivity contribution is 0.0612. The van der Waals surface area contributed by atoms with Crippen molar-refractivity contribution >= 4 is 16.8 Å². The highest BCUT2D eigenvalue weighted by Crippen LogP contribution is 2.22. The van der Waals surface area contributed by atoms with Crippen molar-refractivity contribution in [1.29, 1.82) is 0 Å². The number of aromatic nitrogens is 2. The van der Waals surface area contributed by atoms with Gasteiger partial charge in [-0.15, -0.1) is 0 Å². The smallest absolute Gasteiger partial charge is 0.270 e. The van der Waals surface area contributed by atoms with E-state index in [4.69, 9.17) is 4.52 Å². The zero-order valence-corrected chi connectivity index (χ0v) is 15.5. The Morgan fingerprint density at radius 2 is 1.88 bits per heavy atom. The molecule has 1 aliphatic rings. The predicted molar refractivity (Wildman–Crippen MR) is 100 cm³/mol. The van der Waals surface area contributed by atoms with Crippen molar-refractivity contribution in [3.63, 3.8) is 0 Å². The molecule has 1 saturated heterocycles. The van der Waals surface area contributed by atoms with Crippen molar-refractivity contribution in [3.8, 4) is 0 Å². The van der Waals surface area contributed by atoms with Crippen LogP contribution in [0.4, 0.5) is 0 Å². The largest absolute Gasteiger partial charge is 0.360 e. The topological polar surface area (TPSA) is 65.4 Å². The molecular weight excluding hydrogens is 328 g/mol. The van der Waals surface area contributed by atoms with E-state index in [1.54, 1.807) is 0 Å². The monoisotopic (exact) mass is 352 g/mol. The van der Waals surface area contributed by atoms with E-state index >= 15 is 0 Å². The van der Waals surface area contributed by atoms with Gasteiger partial charge in [-0.1, -0.05) is 11.2 Å². The number of rotatable bonds is 3. The van der Waals surface area contributed by atoms with E-state index < -0.39 is 0 Å². The number of benzene rings is 1. The minimum atomic E-state index is 0.0772. The van der Waals surface area contributed by atoms with Crippen LogP contribution in [0.2, 0.25) is 0 Å². The van der Waals surface area contributed by atoms with Gasteiger partial charge < -0.3 is 14.4 Å². The number of carbonyl (C=O) groups excluding carboxylic acids is 1. The van der Waals surface area contributed by atoms with E-state index in [9.17, 15) is 4.79 Å². The van der Waals surface area contributed by atoms with Crippen molar-refractivity contribution in [1.82, 2.24) is 19.9 Å². The van der Waals surface area contributed by atoms with Crippen molar-refractivity contribution < 1.29 is 9.32 Å². The molecule has 0 aliphatic carbocycles. The molecule has 3 aromatic rings. The molecule has 6 heteroatoms. The highest BCUT2D eigenvalue weighted by molar-refractivity contribution is 5.99. The molecule has 1 aliphatic heterocycles. The first-order valence-corrected chi connectivity index (χ1v) is 9.03. The van der Waals surface area contributed by atoms with Crippen LogP contribution in [0, 0.1) is 20.8 Å². The fourth-order valence-corrected chi connectivity index (χ4v) is 3.71. The molecule has 0 bridgehead atoms. The number of carbonyl (C=O) groups is 1. The summed E-state index contributed by atoms with van der Waals surface area (Å²) in [5, 5.41) is 5.05. The highest BCUT2D eigenvalue weighted by Gasteiger charge is 2.24. The predicted octanol–water partition coefficient (Wildman–Crippen LogP) is 3.04. The summed E-state index contributed by atoms with van der Waals surface area (Å²) < 4.78 is 5.29. The number of aryl methyl sites for hydroxylation is 3. The number of hydrogen-bond acceptors (Lipinski definition) is 4. The third-order valence-corrected chi connectivity index (χ3v) is 5.04. The maximum atomic E-state index is 12.9. The van der Waals surface area contributed by atoms with Crippen LogP contribution < -0.4 is 0 Å². The molecule has 1 fully saturated rings. The van der Waals surface area contributed by atoms with Crippen LogP contribution in [-0.4, -0.2) is 52.0 Å². The molecule has 0 unspecified atom stereocenters. The van der Waals surface area contributed by atoms with Gasteiger partial charge in [-0.05, 0) is 44.0 Å². The van der Waals surface area contributed by atoms with Crippen LogP contribution in [-0.2, 0) is 6.54 Å². The van der Waals surface area contributed by atoms with Gasteiger partial charge in [0, 0.05) is 43.1 Å². The maximum Gasteiger partial charge on any atom is 0.270 e. The second kappa shape index (κ2) is 6.61. The first-order chi connectivity index (χ1) is 12.5. The van der Waals surface area contributed by atoms with Crippen LogP contribution in [0.15, 0.2) is 28.8 Å². The molecule has 136 valence electrons. The summed E-state index contributed by atoms with van der Waals surface area (Å²) in [5.41, 5.74) is 5.01. The van der Waals surface area contributed by atoms with E-state index in [0.29, 0.717) is 5.69 Å². The second-order valence-electron chi connectivity index (χ2n) is 7.23. The zero-order chi connectivity index (χ0) is 18.3. The van der Waals surface area contributed by atoms with Crippen molar-refractivity contribution in [2.45, 2.75) is 27.3 Å². The molecule has 1 aromatic carbocycles. The summed E-state index contributed by atoms with van der Waals surface area (Å²) in [5.74, 6) is 0.956. The Balaban J connectivity index is 1.42. The van der Waals surface area contributed by atoms with Gasteiger partial charge in [0.05, 0.1) is 12.2 Å². The summed E-state index contributed by atoms with van der Waals surface area (Å²) in [6.45, 7) is 9.94. The molecule has 0 saturated carbocycles. The van der Waals surface area contributed by atoms with Crippen molar-refractivity contribution in [2.24, 2.45) is 0 Å². The van der Waals surface area contributed by atoms with Crippen LogP contribution >= 0.6 is 0 Å². The fraction of sp³-hybridized carbons (Fsp3) is 0.400. The first-order valence-electron chi connectivity index (χ1n) is 9.03. The molecule has 26 heavy (non-hydrogen) atoms. The number of fused-ring (bicyclic) bond motifs is 1. The normalized spacial score (nSPS) is 15.7. The Kier molecular flexibility index (Phi) is 4.28. The lowest BCUT2D eigenvalue weighted by atomic mass is 10.1. The fourth-order valence-electron chi connectivity index (χ4n) is 3.71. The molecule has 0 spiro atoms. The third-order valence-electron chi connectivity index (χ3n) is 5.04. The zero-order valence-electron chi connectivity index (χ0n) is 15.5. The maximum absolute atomic E-state index is 12.9. The van der Waals surface area contributed by atoms with Gasteiger partial charge in [-0.3, -0.25) is 9.69 Å². The Bertz CT molecular complexity index is 948. The summed E-state index contributed by atoms with van der Waals surface area (Å²) in [6, 6.07) is 8.19. The average Bonchev–Trinajstić information content (AvgIpc) is 3.21. The lowest BCUT2D eigenvalue weighted by Gasteiger charge is -2.33. The average molecular weight is 352 g/mol. The van der Waals surface area contributed by atoms with Gasteiger partial charge in [-0.2, -0.15) is 0 Å². The van der Waals surface area contributed by atoms with Crippen molar-refractivity contribution in [2.75, 3.05) is 26.2 Å². The van der Waals surface area contributed by atoms with Crippen LogP contribution in [0.25, 0.3) is 10.9 Å². The van der Waals surface area contributed by atoms with E-state index in [2.05, 4.69) is 41.0 Å². The Morgan fingerprint density at radius 1 is 1.12 bits per heavy atom. The molecular formula is C20H24N4O2. The second-order valence-corrected chi connectivity index (χ2v) is 7.23. The molecule has 6 nitrogen and oxygen atoms in total. The van der Waals surface area contributed by atoms with Gasteiger partial charge in [0.1, 0.15) is 5.69 Å². The van der Waals surface area contributed by atoms with Crippen LogP contribution in [0.5, 0.6) is 0 Å². The summed E-state index contributed by atoms with van der Waals surface area (Å²) >= 11 is 0. The minimum Gasteiger partial charge on any atom is -0.360 e. The molecule has 1 amide bonds. The van der Waals surface area contributed by atoms with E-state index in [1.165, 1.54) is 11.1 Å². The number of H-pyrrole nitrogens is 1. The quantitative estimate of drug-likeness (QED) is 0.787. The SMILES string of the molecule is Cc1cc(C)c2cc(C(=O)N3CCN(Cc4cc(C)no4)CC3)[nH]c2c1. The van der Waals surface area contributed by atoms with E-state index in [0.717, 1.165) is 55.1 Å². The van der Waals surface area contributed by atoms with Gasteiger partial charge >= 0.3 is 0 Å². The van der Waals surface area contributed by atoms with E-state index in [-0.39, 0.29) is 5.91 Å². The van der Waals surface area contributed by atoms with Gasteiger partial charge in [0.15, 0.2) is 5.76 Å². The number of amides is 1. The molecule has 4 rings (SSSR count). The lowest BCUT2D eigenvalue weighted by Crippen LogP contribution is -2.48. The minimum absolute atomic E-state index is 0.0772. The van der Waals surface area contributed by atoms with Gasteiger partial charge in [0.25, 0.3) is 5.91 Å².